The van der Waals surface area contributed by atoms with E-state index in [0.717, 1.165) is 12.4 Å². The fraction of sp³-hybridized carbons (Fsp3) is 0.414. The van der Waals surface area contributed by atoms with Crippen LogP contribution in [0.2, 0.25) is 0 Å². The number of alkyl halides is 3. The van der Waals surface area contributed by atoms with Gasteiger partial charge in [-0.05, 0) is 36.5 Å². The zero-order valence-electron chi connectivity index (χ0n) is 22.8. The van der Waals surface area contributed by atoms with E-state index in [4.69, 9.17) is 4.52 Å². The highest BCUT2D eigenvalue weighted by molar-refractivity contribution is 5.94. The summed E-state index contributed by atoms with van der Waals surface area (Å²) in [6.07, 6.45) is 1.05. The minimum absolute atomic E-state index is 0.0920. The van der Waals surface area contributed by atoms with Gasteiger partial charge in [0, 0.05) is 54.9 Å². The molecule has 2 heterocycles. The molecule has 0 radical (unpaired) electrons. The smallest absolute Gasteiger partial charge is 0.339 e. The van der Waals surface area contributed by atoms with Crippen molar-refractivity contribution in [3.05, 3.63) is 79.3 Å². The van der Waals surface area contributed by atoms with Crippen LogP contribution in [0, 0.1) is 5.92 Å². The topological polar surface area (TPSA) is 85.0 Å². The maximum absolute atomic E-state index is 13.4. The number of carbonyl (C=O) groups excluding carboxylic acids is 1. The molecule has 11 heteroatoms. The SMILES string of the molecule is C=CC(CCCc1noc(C(C)(C)C)n1)CN(C(=O)CCC(=C)F)c1cccc(-c2cnc(C(F)(F)F)nc2)c1. The second-order valence-electron chi connectivity index (χ2n) is 10.5. The summed E-state index contributed by atoms with van der Waals surface area (Å²) in [5.74, 6) is -1.09. The molecule has 0 aliphatic heterocycles. The number of nitrogens with zero attached hydrogens (tertiary/aromatic N) is 5. The molecule has 214 valence electrons. The molecule has 0 aliphatic rings. The molecule has 1 atom stereocenters. The molecule has 2 aromatic heterocycles. The molecule has 0 saturated carbocycles. The van der Waals surface area contributed by atoms with Gasteiger partial charge in [-0.1, -0.05) is 50.7 Å². The van der Waals surface area contributed by atoms with E-state index in [0.29, 0.717) is 47.8 Å². The molecule has 3 rings (SSSR count). The van der Waals surface area contributed by atoms with E-state index in [1.54, 1.807) is 30.3 Å². The van der Waals surface area contributed by atoms with Gasteiger partial charge in [-0.25, -0.2) is 14.4 Å². The molecule has 0 bridgehead atoms. The van der Waals surface area contributed by atoms with E-state index in [2.05, 4.69) is 33.3 Å². The van der Waals surface area contributed by atoms with E-state index in [1.807, 2.05) is 20.8 Å². The summed E-state index contributed by atoms with van der Waals surface area (Å²) >= 11 is 0. The molecular formula is C29H33F4N5O2. The fourth-order valence-electron chi connectivity index (χ4n) is 3.91. The normalized spacial score (nSPS) is 12.7. The van der Waals surface area contributed by atoms with Crippen molar-refractivity contribution in [3.63, 3.8) is 0 Å². The summed E-state index contributed by atoms with van der Waals surface area (Å²) < 4.78 is 57.3. The van der Waals surface area contributed by atoms with Crippen LogP contribution in [0.15, 0.2) is 66.2 Å². The molecular weight excluding hydrogens is 526 g/mol. The summed E-state index contributed by atoms with van der Waals surface area (Å²) in [6, 6.07) is 6.75. The Morgan fingerprint density at radius 2 is 1.82 bits per heavy atom. The lowest BCUT2D eigenvalue weighted by Gasteiger charge is -2.27. The van der Waals surface area contributed by atoms with Crippen molar-refractivity contribution >= 4 is 11.6 Å². The van der Waals surface area contributed by atoms with E-state index in [-0.39, 0.29) is 36.6 Å². The standard InChI is InChI=1S/C29H33F4N5O2/c1-6-20(9-7-12-24-36-27(40-37-24)28(3,4)5)18-38(25(39)14-13-19(2)30)23-11-8-10-21(15-23)22-16-34-26(35-17-22)29(31,32)33/h6,8,10-11,15-17,20H,1-2,7,9,12-14,18H2,3-5H3. The highest BCUT2D eigenvalue weighted by Gasteiger charge is 2.34. The second-order valence-corrected chi connectivity index (χ2v) is 10.5. The first-order chi connectivity index (χ1) is 18.8. The van der Waals surface area contributed by atoms with Crippen LogP contribution in [0.25, 0.3) is 11.1 Å². The number of hydrogen-bond acceptors (Lipinski definition) is 6. The summed E-state index contributed by atoms with van der Waals surface area (Å²) in [5.41, 5.74) is 1.14. The van der Waals surface area contributed by atoms with E-state index in [1.165, 1.54) is 4.90 Å². The van der Waals surface area contributed by atoms with E-state index < -0.39 is 17.8 Å². The third-order valence-corrected chi connectivity index (χ3v) is 6.14. The number of carbonyl (C=O) groups is 1. The van der Waals surface area contributed by atoms with Crippen LogP contribution >= 0.6 is 0 Å². The second kappa shape index (κ2) is 13.0. The van der Waals surface area contributed by atoms with Gasteiger partial charge in [0.25, 0.3) is 0 Å². The fourth-order valence-corrected chi connectivity index (χ4v) is 3.91. The molecule has 0 saturated heterocycles. The van der Waals surface area contributed by atoms with E-state index >= 15 is 0 Å². The molecule has 0 spiro atoms. The van der Waals surface area contributed by atoms with Gasteiger partial charge < -0.3 is 9.42 Å². The van der Waals surface area contributed by atoms with Crippen LogP contribution in [0.5, 0.6) is 0 Å². The average Bonchev–Trinajstić information content (AvgIpc) is 3.38. The highest BCUT2D eigenvalue weighted by atomic mass is 19.4. The Hall–Kier alpha value is -3.89. The quantitative estimate of drug-likeness (QED) is 0.171. The Labute approximate surface area is 231 Å². The zero-order chi connectivity index (χ0) is 29.5. The Kier molecular flexibility index (Phi) is 9.94. The minimum atomic E-state index is -4.65. The van der Waals surface area contributed by atoms with Gasteiger partial charge in [-0.2, -0.15) is 18.2 Å². The average molecular weight is 560 g/mol. The number of hydrogen-bond donors (Lipinski definition) is 0. The highest BCUT2D eigenvalue weighted by Crippen LogP contribution is 2.29. The first-order valence-corrected chi connectivity index (χ1v) is 12.9. The van der Waals surface area contributed by atoms with Crippen molar-refractivity contribution in [2.75, 3.05) is 11.4 Å². The monoisotopic (exact) mass is 559 g/mol. The molecule has 1 unspecified atom stereocenters. The molecule has 40 heavy (non-hydrogen) atoms. The van der Waals surface area contributed by atoms with Gasteiger partial charge in [-0.3, -0.25) is 4.79 Å². The van der Waals surface area contributed by atoms with Crippen molar-refractivity contribution < 1.29 is 26.9 Å². The number of amides is 1. The summed E-state index contributed by atoms with van der Waals surface area (Å²) in [4.78, 5) is 26.0. The van der Waals surface area contributed by atoms with Crippen LogP contribution in [-0.4, -0.2) is 32.6 Å². The predicted octanol–water partition coefficient (Wildman–Crippen LogP) is 7.26. The van der Waals surface area contributed by atoms with Crippen LogP contribution < -0.4 is 4.90 Å². The van der Waals surface area contributed by atoms with Crippen molar-refractivity contribution in [3.8, 4) is 11.1 Å². The van der Waals surface area contributed by atoms with Crippen molar-refractivity contribution in [1.29, 1.82) is 0 Å². The molecule has 0 fully saturated rings. The Bertz CT molecular complexity index is 1310. The summed E-state index contributed by atoms with van der Waals surface area (Å²) in [5, 5.41) is 4.05. The number of aromatic nitrogens is 4. The van der Waals surface area contributed by atoms with Crippen LogP contribution in [-0.2, 0) is 22.8 Å². The maximum Gasteiger partial charge on any atom is 0.451 e. The third kappa shape index (κ3) is 8.56. The van der Waals surface area contributed by atoms with Crippen molar-refractivity contribution in [1.82, 2.24) is 20.1 Å². The third-order valence-electron chi connectivity index (χ3n) is 6.14. The van der Waals surface area contributed by atoms with Gasteiger partial charge in [0.05, 0.1) is 5.83 Å². The largest absolute Gasteiger partial charge is 0.451 e. The molecule has 0 aliphatic carbocycles. The summed E-state index contributed by atoms with van der Waals surface area (Å²) in [6.45, 7) is 13.4. The lowest BCUT2D eigenvalue weighted by atomic mass is 9.97. The van der Waals surface area contributed by atoms with Gasteiger partial charge in [0.2, 0.25) is 17.6 Å². The number of rotatable bonds is 12. The minimum Gasteiger partial charge on any atom is -0.339 e. The maximum atomic E-state index is 13.4. The molecule has 1 aromatic carbocycles. The van der Waals surface area contributed by atoms with Gasteiger partial charge in [-0.15, -0.1) is 6.58 Å². The molecule has 7 nitrogen and oxygen atoms in total. The van der Waals surface area contributed by atoms with Crippen LogP contribution in [0.1, 0.15) is 64.0 Å². The van der Waals surface area contributed by atoms with Gasteiger partial charge >= 0.3 is 6.18 Å². The molecule has 0 N–H and O–H groups in total. The first kappa shape index (κ1) is 30.6. The number of benzene rings is 1. The van der Waals surface area contributed by atoms with Crippen LogP contribution in [0.4, 0.5) is 23.2 Å². The molecule has 3 aromatic rings. The van der Waals surface area contributed by atoms with Gasteiger partial charge in [0.15, 0.2) is 5.82 Å². The van der Waals surface area contributed by atoms with Crippen LogP contribution in [0.3, 0.4) is 0 Å². The van der Waals surface area contributed by atoms with Gasteiger partial charge in [0.1, 0.15) is 0 Å². The number of halogens is 4. The zero-order valence-corrected chi connectivity index (χ0v) is 22.8. The number of allylic oxidation sites excluding steroid dienone is 1. The predicted molar refractivity (Wildman–Crippen MR) is 144 cm³/mol. The molecule has 1 amide bonds. The Morgan fingerprint density at radius 1 is 1.12 bits per heavy atom. The van der Waals surface area contributed by atoms with Crippen molar-refractivity contribution in [2.24, 2.45) is 5.92 Å². The lowest BCUT2D eigenvalue weighted by molar-refractivity contribution is -0.145. The Balaban J connectivity index is 1.77. The Morgan fingerprint density at radius 3 is 2.40 bits per heavy atom. The van der Waals surface area contributed by atoms with E-state index in [9.17, 15) is 22.4 Å². The van der Waals surface area contributed by atoms with Crippen molar-refractivity contribution in [2.45, 2.75) is 64.5 Å². The number of aryl methyl sites for hydroxylation is 1. The lowest BCUT2D eigenvalue weighted by Crippen LogP contribution is -2.35. The first-order valence-electron chi connectivity index (χ1n) is 12.9. The number of anilines is 1. The summed E-state index contributed by atoms with van der Waals surface area (Å²) in [7, 11) is 0.